The number of furan rings is 1. The van der Waals surface area contributed by atoms with Gasteiger partial charge in [-0.15, -0.1) is 0 Å². The summed E-state index contributed by atoms with van der Waals surface area (Å²) in [5, 5.41) is 13.1. The molecule has 1 aliphatic carbocycles. The van der Waals surface area contributed by atoms with Crippen LogP contribution in [0.1, 0.15) is 44.3 Å². The molecule has 162 valence electrons. The van der Waals surface area contributed by atoms with Gasteiger partial charge in [0.25, 0.3) is 0 Å². The van der Waals surface area contributed by atoms with Crippen LogP contribution in [0.5, 0.6) is 0 Å². The van der Waals surface area contributed by atoms with Gasteiger partial charge in [0.2, 0.25) is 11.8 Å². The molecule has 30 heavy (non-hydrogen) atoms. The number of hydrogen-bond donors (Lipinski definition) is 2. The van der Waals surface area contributed by atoms with E-state index in [9.17, 15) is 14.7 Å². The summed E-state index contributed by atoms with van der Waals surface area (Å²) in [5.41, 5.74) is -0.620. The first-order valence-corrected chi connectivity index (χ1v) is 11.2. The van der Waals surface area contributed by atoms with Crippen molar-refractivity contribution < 1.29 is 19.1 Å². The van der Waals surface area contributed by atoms with Gasteiger partial charge in [0.1, 0.15) is 11.8 Å². The van der Waals surface area contributed by atoms with Gasteiger partial charge < -0.3 is 19.7 Å². The number of aliphatic hydroxyl groups is 1. The van der Waals surface area contributed by atoms with E-state index < -0.39 is 11.6 Å². The minimum atomic E-state index is -0.620. The van der Waals surface area contributed by atoms with Crippen molar-refractivity contribution in [1.82, 2.24) is 15.1 Å². The summed E-state index contributed by atoms with van der Waals surface area (Å²) in [5.74, 6) is 1.44. The number of carbonyl (C=O) groups excluding carboxylic acids is 2. The number of carbonyl (C=O) groups is 2. The van der Waals surface area contributed by atoms with Crippen molar-refractivity contribution in [3.05, 3.63) is 36.3 Å². The lowest BCUT2D eigenvalue weighted by molar-refractivity contribution is -0.161. The summed E-state index contributed by atoms with van der Waals surface area (Å²) in [4.78, 5) is 30.8. The Kier molecular flexibility index (Phi) is 5.19. The molecule has 0 saturated carbocycles. The Balaban J connectivity index is 1.40. The van der Waals surface area contributed by atoms with E-state index in [4.69, 9.17) is 4.42 Å². The number of nitrogens with one attached hydrogen (secondary N) is 1. The molecule has 0 spiro atoms. The van der Waals surface area contributed by atoms with Crippen LogP contribution < -0.4 is 5.32 Å². The molecule has 2 N–H and O–H groups in total. The molecule has 3 saturated heterocycles. The lowest BCUT2D eigenvalue weighted by Gasteiger charge is -2.56. The van der Waals surface area contributed by atoms with Gasteiger partial charge in [-0.1, -0.05) is 12.2 Å². The highest BCUT2D eigenvalue weighted by Crippen LogP contribution is 2.42. The van der Waals surface area contributed by atoms with E-state index in [0.29, 0.717) is 25.2 Å². The second-order valence-electron chi connectivity index (χ2n) is 9.54. The monoisotopic (exact) mass is 413 g/mol. The van der Waals surface area contributed by atoms with Crippen LogP contribution in [0.4, 0.5) is 0 Å². The van der Waals surface area contributed by atoms with Crippen LogP contribution >= 0.6 is 0 Å². The van der Waals surface area contributed by atoms with Gasteiger partial charge in [-0.05, 0) is 50.2 Å². The second-order valence-corrected chi connectivity index (χ2v) is 9.54. The maximum atomic E-state index is 13.6. The van der Waals surface area contributed by atoms with E-state index >= 15 is 0 Å². The number of aliphatic hydroxyl groups excluding tert-OH is 1. The summed E-state index contributed by atoms with van der Waals surface area (Å²) in [6.45, 7) is 2.36. The number of fused-ring (bicyclic) bond motifs is 4. The van der Waals surface area contributed by atoms with Gasteiger partial charge >= 0.3 is 0 Å². The zero-order valence-electron chi connectivity index (χ0n) is 17.3. The van der Waals surface area contributed by atoms with E-state index in [1.54, 1.807) is 6.26 Å². The van der Waals surface area contributed by atoms with Gasteiger partial charge in [-0.2, -0.15) is 0 Å². The van der Waals surface area contributed by atoms with E-state index in [2.05, 4.69) is 10.2 Å². The molecular weight excluding hydrogens is 382 g/mol. The van der Waals surface area contributed by atoms with E-state index in [1.165, 1.54) is 0 Å². The molecular formula is C23H31N3O4. The third-order valence-corrected chi connectivity index (χ3v) is 7.52. The fourth-order valence-electron chi connectivity index (χ4n) is 6.15. The highest BCUT2D eigenvalue weighted by Gasteiger charge is 2.52. The molecule has 0 unspecified atom stereocenters. The van der Waals surface area contributed by atoms with Crippen molar-refractivity contribution in [2.75, 3.05) is 19.7 Å². The standard InChI is InChI=1S/C23H31N3O4/c27-15-23(8-1-2-9-23)24-22(29)21-17-11-16(19-6-3-7-20(28)26(19)21)12-25(13-17)14-18-5-4-10-30-18/h1-2,4-5,10,16-17,19,21,27H,3,6-9,11-15H2,(H,24,29)/t16-,17+,19+,21-/m1/s1. The van der Waals surface area contributed by atoms with Crippen LogP contribution in [0.15, 0.2) is 35.0 Å². The van der Waals surface area contributed by atoms with Crippen LogP contribution in [0.2, 0.25) is 0 Å². The molecule has 1 aromatic heterocycles. The van der Waals surface area contributed by atoms with Crippen molar-refractivity contribution in [3.8, 4) is 0 Å². The first-order chi connectivity index (χ1) is 14.6. The number of hydrogen-bond acceptors (Lipinski definition) is 5. The summed E-state index contributed by atoms with van der Waals surface area (Å²) in [6.07, 6.45) is 10.4. The predicted molar refractivity (Wildman–Crippen MR) is 110 cm³/mol. The van der Waals surface area contributed by atoms with Crippen molar-refractivity contribution in [2.45, 2.75) is 62.7 Å². The second kappa shape index (κ2) is 7.85. The number of piperidine rings is 3. The largest absolute Gasteiger partial charge is 0.468 e. The van der Waals surface area contributed by atoms with E-state index in [1.807, 2.05) is 29.2 Å². The Hall–Kier alpha value is -2.12. The van der Waals surface area contributed by atoms with Crippen LogP contribution in [0.25, 0.3) is 0 Å². The zero-order valence-corrected chi connectivity index (χ0v) is 17.3. The topological polar surface area (TPSA) is 86.0 Å². The fraction of sp³-hybridized carbons (Fsp3) is 0.652. The molecule has 2 amide bonds. The Morgan fingerprint density at radius 2 is 2.07 bits per heavy atom. The van der Waals surface area contributed by atoms with Gasteiger partial charge in [-0.25, -0.2) is 0 Å². The predicted octanol–water partition coefficient (Wildman–Crippen LogP) is 1.68. The van der Waals surface area contributed by atoms with Crippen molar-refractivity contribution in [2.24, 2.45) is 11.8 Å². The van der Waals surface area contributed by atoms with Gasteiger partial charge in [0.15, 0.2) is 0 Å². The number of likely N-dealkylation sites (tertiary alicyclic amines) is 1. The normalized spacial score (nSPS) is 32.8. The Bertz CT molecular complexity index is 812. The Labute approximate surface area is 177 Å². The fourth-order valence-corrected chi connectivity index (χ4v) is 6.15. The minimum Gasteiger partial charge on any atom is -0.468 e. The average molecular weight is 414 g/mol. The Morgan fingerprint density at radius 1 is 1.27 bits per heavy atom. The van der Waals surface area contributed by atoms with E-state index in [-0.39, 0.29) is 30.4 Å². The van der Waals surface area contributed by atoms with Crippen molar-refractivity contribution in [3.63, 3.8) is 0 Å². The SMILES string of the molecule is O=C(NC1(CO)CC=CC1)[C@H]1[C@H]2C[C@H](CN(Cc3ccco3)C2)[C@@H]2CCCC(=O)N21. The molecule has 0 radical (unpaired) electrons. The molecule has 3 fully saturated rings. The van der Waals surface area contributed by atoms with E-state index in [0.717, 1.165) is 44.7 Å². The molecule has 7 heteroatoms. The van der Waals surface area contributed by atoms with Crippen LogP contribution in [0, 0.1) is 11.8 Å². The molecule has 1 aromatic rings. The first-order valence-electron chi connectivity index (χ1n) is 11.2. The molecule has 3 aliphatic heterocycles. The van der Waals surface area contributed by atoms with Crippen LogP contribution in [-0.4, -0.2) is 64.0 Å². The first kappa shape index (κ1) is 19.8. The third kappa shape index (κ3) is 3.48. The van der Waals surface area contributed by atoms with Gasteiger partial charge in [-0.3, -0.25) is 14.5 Å². The molecule has 5 rings (SSSR count). The molecule has 4 atom stereocenters. The maximum Gasteiger partial charge on any atom is 0.243 e. The summed E-state index contributed by atoms with van der Waals surface area (Å²) >= 11 is 0. The van der Waals surface area contributed by atoms with Gasteiger partial charge in [0.05, 0.1) is 25.0 Å². The summed E-state index contributed by atoms with van der Waals surface area (Å²) < 4.78 is 5.55. The molecule has 4 heterocycles. The highest BCUT2D eigenvalue weighted by molar-refractivity contribution is 5.89. The van der Waals surface area contributed by atoms with Crippen molar-refractivity contribution >= 4 is 11.8 Å². The molecule has 2 bridgehead atoms. The van der Waals surface area contributed by atoms with Crippen molar-refractivity contribution in [1.29, 1.82) is 0 Å². The quantitative estimate of drug-likeness (QED) is 0.718. The Morgan fingerprint density at radius 3 is 2.80 bits per heavy atom. The molecule has 4 aliphatic rings. The zero-order chi connectivity index (χ0) is 20.7. The average Bonchev–Trinajstić information content (AvgIpc) is 3.41. The summed E-state index contributed by atoms with van der Waals surface area (Å²) in [6, 6.07) is 3.57. The maximum absolute atomic E-state index is 13.6. The minimum absolute atomic E-state index is 0.0895. The number of rotatable bonds is 5. The molecule has 0 aromatic carbocycles. The number of nitrogens with zero attached hydrogens (tertiary/aromatic N) is 2. The highest BCUT2D eigenvalue weighted by atomic mass is 16.3. The summed E-state index contributed by atoms with van der Waals surface area (Å²) in [7, 11) is 0. The lowest BCUT2D eigenvalue weighted by atomic mass is 9.71. The lowest BCUT2D eigenvalue weighted by Crippen LogP contribution is -2.69. The van der Waals surface area contributed by atoms with Crippen LogP contribution in [0.3, 0.4) is 0 Å². The third-order valence-electron chi connectivity index (χ3n) is 7.52. The van der Waals surface area contributed by atoms with Crippen LogP contribution in [-0.2, 0) is 16.1 Å². The van der Waals surface area contributed by atoms with Gasteiger partial charge in [0, 0.05) is 31.5 Å². The molecule has 7 nitrogen and oxygen atoms in total. The smallest absolute Gasteiger partial charge is 0.243 e. The number of amides is 2.